The van der Waals surface area contributed by atoms with Crippen molar-refractivity contribution in [3.05, 3.63) is 71.9 Å². The third-order valence-corrected chi connectivity index (χ3v) is 6.70. The first kappa shape index (κ1) is 23.9. The van der Waals surface area contributed by atoms with Gasteiger partial charge in [-0.15, -0.1) is 0 Å². The smallest absolute Gasteiger partial charge is 0.255 e. The zero-order chi connectivity index (χ0) is 25.9. The van der Waals surface area contributed by atoms with E-state index in [1.54, 1.807) is 12.1 Å². The van der Waals surface area contributed by atoms with Crippen molar-refractivity contribution in [3.8, 4) is 0 Å². The Labute approximate surface area is 220 Å². The van der Waals surface area contributed by atoms with Crippen LogP contribution in [0, 0.1) is 0 Å². The molecular formula is C27H30N10O. The summed E-state index contributed by atoms with van der Waals surface area (Å²) in [5.41, 5.74) is 3.24. The van der Waals surface area contributed by atoms with Crippen molar-refractivity contribution in [2.75, 3.05) is 54.1 Å². The normalized spacial score (nSPS) is 15.8. The first-order valence-corrected chi connectivity index (χ1v) is 12.8. The molecule has 0 spiro atoms. The lowest BCUT2D eigenvalue weighted by Crippen LogP contribution is -2.45. The van der Waals surface area contributed by atoms with Gasteiger partial charge in [-0.05, 0) is 56.3 Å². The van der Waals surface area contributed by atoms with Crippen LogP contribution in [0.15, 0.2) is 60.7 Å². The van der Waals surface area contributed by atoms with Gasteiger partial charge in [-0.1, -0.05) is 18.2 Å². The minimum atomic E-state index is -0.153. The van der Waals surface area contributed by atoms with Gasteiger partial charge in [-0.25, -0.2) is 0 Å². The molecule has 4 aromatic rings. The van der Waals surface area contributed by atoms with E-state index in [2.05, 4.69) is 48.0 Å². The molecule has 0 radical (unpaired) electrons. The molecule has 2 aliphatic rings. The Kier molecular flexibility index (Phi) is 6.57. The molecule has 0 unspecified atom stereocenters. The Morgan fingerprint density at radius 2 is 1.55 bits per heavy atom. The van der Waals surface area contributed by atoms with Gasteiger partial charge in [0, 0.05) is 60.8 Å². The third-order valence-electron chi connectivity index (χ3n) is 6.70. The molecule has 1 saturated carbocycles. The number of carbonyl (C=O) groups excluding carboxylic acids is 1. The molecule has 1 amide bonds. The lowest BCUT2D eigenvalue weighted by atomic mass is 10.2. The number of nitrogens with one attached hydrogen (secondary N) is 4. The maximum Gasteiger partial charge on any atom is 0.255 e. The fourth-order valence-electron chi connectivity index (χ4n) is 4.30. The SMILES string of the molecule is CN1CCN(c2nc(Nc3ccc(NC(=O)c4ccccc4)cc3)nc(Nc3cc(C4CC4)[nH]n3)n2)CC1. The molecule has 0 atom stereocenters. The Hall–Kier alpha value is -4.51. The van der Waals surface area contributed by atoms with E-state index in [0.717, 1.165) is 37.6 Å². The highest BCUT2D eigenvalue weighted by atomic mass is 16.1. The zero-order valence-corrected chi connectivity index (χ0v) is 21.2. The third kappa shape index (κ3) is 5.73. The predicted molar refractivity (Wildman–Crippen MR) is 148 cm³/mol. The van der Waals surface area contributed by atoms with Crippen LogP contribution >= 0.6 is 0 Å². The fraction of sp³-hybridized carbons (Fsp3) is 0.296. The van der Waals surface area contributed by atoms with E-state index in [1.165, 1.54) is 12.8 Å². The molecule has 194 valence electrons. The lowest BCUT2D eigenvalue weighted by molar-refractivity contribution is 0.102. The number of hydrogen-bond donors (Lipinski definition) is 4. The summed E-state index contributed by atoms with van der Waals surface area (Å²) < 4.78 is 0. The van der Waals surface area contributed by atoms with Crippen LogP contribution in [0.1, 0.15) is 34.8 Å². The minimum Gasteiger partial charge on any atom is -0.338 e. The summed E-state index contributed by atoms with van der Waals surface area (Å²) in [6.45, 7) is 3.56. The number of piperazine rings is 1. The monoisotopic (exact) mass is 510 g/mol. The van der Waals surface area contributed by atoms with E-state index in [1.807, 2.05) is 48.5 Å². The van der Waals surface area contributed by atoms with Gasteiger partial charge in [0.1, 0.15) is 0 Å². The Morgan fingerprint density at radius 1 is 0.868 bits per heavy atom. The van der Waals surface area contributed by atoms with Crippen LogP contribution in [0.4, 0.5) is 35.0 Å². The predicted octanol–water partition coefficient (Wildman–Crippen LogP) is 3.96. The number of anilines is 6. The number of H-pyrrole nitrogens is 1. The number of carbonyl (C=O) groups is 1. The molecule has 6 rings (SSSR count). The number of nitrogens with zero attached hydrogens (tertiary/aromatic N) is 6. The van der Waals surface area contributed by atoms with Crippen molar-refractivity contribution >= 4 is 40.9 Å². The highest BCUT2D eigenvalue weighted by Gasteiger charge is 2.26. The maximum absolute atomic E-state index is 12.5. The van der Waals surface area contributed by atoms with E-state index < -0.39 is 0 Å². The van der Waals surface area contributed by atoms with Crippen molar-refractivity contribution in [1.29, 1.82) is 0 Å². The first-order valence-electron chi connectivity index (χ1n) is 12.8. The van der Waals surface area contributed by atoms with Crippen LogP contribution in [0.3, 0.4) is 0 Å². The Morgan fingerprint density at radius 3 is 2.26 bits per heavy atom. The number of amides is 1. The summed E-state index contributed by atoms with van der Waals surface area (Å²) in [5.74, 6) is 2.58. The molecular weight excluding hydrogens is 480 g/mol. The van der Waals surface area contributed by atoms with Crippen LogP contribution in [0.2, 0.25) is 0 Å². The standard InChI is InChI=1S/C27H30N10O/c1-36-13-15-37(16-14-36)27-32-25(31-26(33-27)30-23-17-22(34-35-23)18-7-8-18)29-21-11-9-20(10-12-21)28-24(38)19-5-3-2-4-6-19/h2-6,9-12,17-18H,7-8,13-16H2,1H3,(H,28,38)(H3,29,30,31,32,33,34,35). The van der Waals surface area contributed by atoms with Crippen LogP contribution in [0.5, 0.6) is 0 Å². The molecule has 11 nitrogen and oxygen atoms in total. The van der Waals surface area contributed by atoms with Gasteiger partial charge < -0.3 is 25.8 Å². The molecule has 1 aliphatic carbocycles. The average Bonchev–Trinajstić information content (AvgIpc) is 3.69. The van der Waals surface area contributed by atoms with Crippen molar-refractivity contribution < 1.29 is 4.79 Å². The molecule has 38 heavy (non-hydrogen) atoms. The maximum atomic E-state index is 12.5. The lowest BCUT2D eigenvalue weighted by Gasteiger charge is -2.32. The highest BCUT2D eigenvalue weighted by Crippen LogP contribution is 2.39. The van der Waals surface area contributed by atoms with E-state index in [0.29, 0.717) is 40.8 Å². The van der Waals surface area contributed by atoms with Crippen LogP contribution in [0.25, 0.3) is 0 Å². The Bertz CT molecular complexity index is 1390. The van der Waals surface area contributed by atoms with Gasteiger partial charge in [0.05, 0.1) is 0 Å². The molecule has 2 fully saturated rings. The number of rotatable bonds is 8. The quantitative estimate of drug-likeness (QED) is 0.278. The fourth-order valence-corrected chi connectivity index (χ4v) is 4.30. The number of benzene rings is 2. The highest BCUT2D eigenvalue weighted by molar-refractivity contribution is 6.04. The zero-order valence-electron chi connectivity index (χ0n) is 21.2. The van der Waals surface area contributed by atoms with Crippen molar-refractivity contribution in [3.63, 3.8) is 0 Å². The second-order valence-corrected chi connectivity index (χ2v) is 9.70. The van der Waals surface area contributed by atoms with Gasteiger partial charge in [0.15, 0.2) is 5.82 Å². The summed E-state index contributed by atoms with van der Waals surface area (Å²) >= 11 is 0. The largest absolute Gasteiger partial charge is 0.338 e. The Balaban J connectivity index is 1.19. The van der Waals surface area contributed by atoms with E-state index in [4.69, 9.17) is 9.97 Å². The molecule has 11 heteroatoms. The molecule has 1 saturated heterocycles. The van der Waals surface area contributed by atoms with Crippen LogP contribution < -0.4 is 20.9 Å². The van der Waals surface area contributed by atoms with Gasteiger partial charge in [-0.3, -0.25) is 9.89 Å². The molecule has 4 N–H and O–H groups in total. The minimum absolute atomic E-state index is 0.153. The van der Waals surface area contributed by atoms with Crippen LogP contribution in [-0.4, -0.2) is 69.2 Å². The van der Waals surface area contributed by atoms with Gasteiger partial charge in [0.2, 0.25) is 17.8 Å². The summed E-state index contributed by atoms with van der Waals surface area (Å²) in [4.78, 5) is 30.9. The van der Waals surface area contributed by atoms with E-state index >= 15 is 0 Å². The summed E-state index contributed by atoms with van der Waals surface area (Å²) in [5, 5.41) is 16.9. The molecule has 3 heterocycles. The van der Waals surface area contributed by atoms with Crippen molar-refractivity contribution in [2.24, 2.45) is 0 Å². The van der Waals surface area contributed by atoms with Crippen LogP contribution in [-0.2, 0) is 0 Å². The van der Waals surface area contributed by atoms with Gasteiger partial charge in [-0.2, -0.15) is 20.1 Å². The number of likely N-dealkylation sites (N-methyl/N-ethyl adjacent to an activating group) is 1. The second-order valence-electron chi connectivity index (χ2n) is 9.70. The summed E-state index contributed by atoms with van der Waals surface area (Å²) in [6.07, 6.45) is 2.40. The first-order chi connectivity index (χ1) is 18.6. The number of hydrogen-bond acceptors (Lipinski definition) is 9. The molecule has 2 aromatic carbocycles. The topological polar surface area (TPSA) is 127 Å². The summed E-state index contributed by atoms with van der Waals surface area (Å²) in [6, 6.07) is 18.6. The average molecular weight is 511 g/mol. The van der Waals surface area contributed by atoms with E-state index in [9.17, 15) is 4.79 Å². The van der Waals surface area contributed by atoms with Crippen molar-refractivity contribution in [1.82, 2.24) is 30.0 Å². The second kappa shape index (κ2) is 10.5. The number of aromatic nitrogens is 5. The molecule has 0 bridgehead atoms. The summed E-state index contributed by atoms with van der Waals surface area (Å²) in [7, 11) is 2.12. The van der Waals surface area contributed by atoms with E-state index in [-0.39, 0.29) is 5.91 Å². The van der Waals surface area contributed by atoms with Gasteiger partial charge in [0.25, 0.3) is 5.91 Å². The molecule has 1 aliphatic heterocycles. The number of aromatic amines is 1. The van der Waals surface area contributed by atoms with Crippen molar-refractivity contribution in [2.45, 2.75) is 18.8 Å². The molecule has 2 aromatic heterocycles. The van der Waals surface area contributed by atoms with Gasteiger partial charge >= 0.3 is 0 Å².